The number of benzene rings is 1. The summed E-state index contributed by atoms with van der Waals surface area (Å²) in [7, 11) is 0. The third-order valence-electron chi connectivity index (χ3n) is 5.29. The van der Waals surface area contributed by atoms with Crippen LogP contribution in [-0.2, 0) is 28.6 Å². The zero-order valence-corrected chi connectivity index (χ0v) is 21.4. The lowest BCUT2D eigenvalue weighted by Gasteiger charge is -2.32. The standard InChI is InChI=1S/C27H35NO6/c1-9-32-25(30)21-17(4)28-18(5)22(26(31)33-10-2)23(21)20-14-12-11-13-19(20)15-16(3)24(29)34-27(6,7)8/h11-15,21,23H,9-10H2,1-8H3. The SMILES string of the molecule is CCOC(=O)C1=C(C)N=C(C)C(C(=O)OCC)C1c1ccccc1C=C(C)C(=O)OC(C)(C)C. The Bertz CT molecular complexity index is 1040. The average molecular weight is 470 g/mol. The molecular weight excluding hydrogens is 434 g/mol. The fourth-order valence-electron chi connectivity index (χ4n) is 3.96. The molecule has 184 valence electrons. The second-order valence-electron chi connectivity index (χ2n) is 9.14. The number of esters is 3. The maximum atomic E-state index is 13.1. The maximum absolute atomic E-state index is 13.1. The van der Waals surface area contributed by atoms with Crippen molar-refractivity contribution in [2.45, 2.75) is 66.9 Å². The molecule has 2 rings (SSSR count). The van der Waals surface area contributed by atoms with Crippen LogP contribution in [0.5, 0.6) is 0 Å². The number of nitrogens with zero attached hydrogens (tertiary/aromatic N) is 1. The third kappa shape index (κ3) is 6.43. The maximum Gasteiger partial charge on any atom is 0.336 e. The van der Waals surface area contributed by atoms with Gasteiger partial charge < -0.3 is 14.2 Å². The van der Waals surface area contributed by atoms with Gasteiger partial charge in [-0.3, -0.25) is 9.79 Å². The van der Waals surface area contributed by atoms with Crippen LogP contribution in [0.15, 0.2) is 46.1 Å². The summed E-state index contributed by atoms with van der Waals surface area (Å²) in [5, 5.41) is 0. The summed E-state index contributed by atoms with van der Waals surface area (Å²) in [6, 6.07) is 7.35. The fraction of sp³-hybridized carbons (Fsp3) is 0.481. The summed E-state index contributed by atoms with van der Waals surface area (Å²) in [6.45, 7) is 14.4. The minimum absolute atomic E-state index is 0.189. The van der Waals surface area contributed by atoms with E-state index in [9.17, 15) is 14.4 Å². The third-order valence-corrected chi connectivity index (χ3v) is 5.29. The van der Waals surface area contributed by atoms with E-state index in [1.807, 2.05) is 24.3 Å². The summed E-state index contributed by atoms with van der Waals surface area (Å²) in [6.07, 6.45) is 1.71. The van der Waals surface area contributed by atoms with E-state index in [4.69, 9.17) is 14.2 Å². The molecule has 0 radical (unpaired) electrons. The van der Waals surface area contributed by atoms with E-state index in [1.165, 1.54) is 0 Å². The molecule has 0 saturated heterocycles. The molecule has 0 amide bonds. The first-order valence-electron chi connectivity index (χ1n) is 11.5. The molecule has 1 aliphatic rings. The summed E-state index contributed by atoms with van der Waals surface area (Å²) < 4.78 is 16.2. The molecule has 1 aliphatic heterocycles. The molecule has 0 N–H and O–H groups in total. The number of aliphatic imine (C=N–C) groups is 1. The second-order valence-corrected chi connectivity index (χ2v) is 9.14. The molecule has 2 unspecified atom stereocenters. The van der Waals surface area contributed by atoms with E-state index in [0.717, 1.165) is 0 Å². The highest BCUT2D eigenvalue weighted by Gasteiger charge is 2.43. The van der Waals surface area contributed by atoms with Crippen molar-refractivity contribution >= 4 is 29.7 Å². The lowest BCUT2D eigenvalue weighted by molar-refractivity contribution is -0.150. The smallest absolute Gasteiger partial charge is 0.336 e. The fourth-order valence-corrected chi connectivity index (χ4v) is 3.96. The second kappa shape index (κ2) is 11.3. The van der Waals surface area contributed by atoms with Crippen molar-refractivity contribution in [1.29, 1.82) is 0 Å². The molecule has 1 heterocycles. The highest BCUT2D eigenvalue weighted by molar-refractivity contribution is 6.07. The molecule has 0 fully saturated rings. The van der Waals surface area contributed by atoms with Crippen LogP contribution >= 0.6 is 0 Å². The molecule has 7 nitrogen and oxygen atoms in total. The Kier molecular flexibility index (Phi) is 8.96. The van der Waals surface area contributed by atoms with Gasteiger partial charge >= 0.3 is 17.9 Å². The lowest BCUT2D eigenvalue weighted by Crippen LogP contribution is -2.37. The Morgan fingerprint density at radius 1 is 1.03 bits per heavy atom. The van der Waals surface area contributed by atoms with Crippen LogP contribution in [-0.4, -0.2) is 42.4 Å². The molecule has 1 aromatic carbocycles. The van der Waals surface area contributed by atoms with Gasteiger partial charge in [0.1, 0.15) is 11.5 Å². The van der Waals surface area contributed by atoms with Crippen LogP contribution in [0.1, 0.15) is 72.4 Å². The summed E-state index contributed by atoms with van der Waals surface area (Å²) in [5.41, 5.74) is 2.50. The first kappa shape index (κ1) is 27.0. The van der Waals surface area contributed by atoms with E-state index in [-0.39, 0.29) is 13.2 Å². The lowest BCUT2D eigenvalue weighted by atomic mass is 9.74. The molecule has 0 saturated carbocycles. The molecule has 34 heavy (non-hydrogen) atoms. The number of carbonyl (C=O) groups excluding carboxylic acids is 3. The largest absolute Gasteiger partial charge is 0.465 e. The van der Waals surface area contributed by atoms with Crippen molar-refractivity contribution in [2.24, 2.45) is 10.9 Å². The quantitative estimate of drug-likeness (QED) is 0.317. The molecule has 0 aliphatic carbocycles. The zero-order valence-electron chi connectivity index (χ0n) is 21.4. The number of ether oxygens (including phenoxy) is 3. The van der Waals surface area contributed by atoms with Gasteiger partial charge in [0.2, 0.25) is 0 Å². The predicted octanol–water partition coefficient (Wildman–Crippen LogP) is 5.01. The van der Waals surface area contributed by atoms with Gasteiger partial charge in [0.25, 0.3) is 0 Å². The van der Waals surface area contributed by atoms with Crippen LogP contribution in [0, 0.1) is 5.92 Å². The summed E-state index contributed by atoms with van der Waals surface area (Å²) in [4.78, 5) is 43.2. The minimum Gasteiger partial charge on any atom is -0.465 e. The number of rotatable bonds is 7. The van der Waals surface area contributed by atoms with E-state index in [0.29, 0.717) is 33.7 Å². The van der Waals surface area contributed by atoms with E-state index in [2.05, 4.69) is 4.99 Å². The number of allylic oxidation sites excluding steroid dienone is 1. The molecule has 7 heteroatoms. The van der Waals surface area contributed by atoms with Gasteiger partial charge in [-0.2, -0.15) is 0 Å². The van der Waals surface area contributed by atoms with Crippen molar-refractivity contribution in [3.63, 3.8) is 0 Å². The Morgan fingerprint density at radius 3 is 2.24 bits per heavy atom. The van der Waals surface area contributed by atoms with Crippen LogP contribution in [0.4, 0.5) is 0 Å². The summed E-state index contributed by atoms with van der Waals surface area (Å²) in [5.74, 6) is -2.93. The Balaban J connectivity index is 2.70. The topological polar surface area (TPSA) is 91.3 Å². The Hall–Kier alpha value is -3.22. The molecule has 2 atom stereocenters. The van der Waals surface area contributed by atoms with Crippen LogP contribution in [0.25, 0.3) is 6.08 Å². The highest BCUT2D eigenvalue weighted by atomic mass is 16.6. The molecule has 0 spiro atoms. The molecule has 0 bridgehead atoms. The minimum atomic E-state index is -0.806. The van der Waals surface area contributed by atoms with Gasteiger partial charge in [-0.15, -0.1) is 0 Å². The normalized spacial score (nSPS) is 18.8. The van der Waals surface area contributed by atoms with Crippen molar-refractivity contribution < 1.29 is 28.6 Å². The van der Waals surface area contributed by atoms with Gasteiger partial charge in [-0.25, -0.2) is 9.59 Å². The van der Waals surface area contributed by atoms with E-state index < -0.39 is 35.3 Å². The molecular formula is C27H35NO6. The van der Waals surface area contributed by atoms with Crippen molar-refractivity contribution in [3.8, 4) is 0 Å². The zero-order chi connectivity index (χ0) is 25.6. The van der Waals surface area contributed by atoms with Crippen LogP contribution in [0.3, 0.4) is 0 Å². The Labute approximate surface area is 201 Å². The predicted molar refractivity (Wildman–Crippen MR) is 131 cm³/mol. The van der Waals surface area contributed by atoms with Crippen molar-refractivity contribution in [3.05, 3.63) is 52.2 Å². The average Bonchev–Trinajstić information content (AvgIpc) is 2.72. The summed E-state index contributed by atoms with van der Waals surface area (Å²) >= 11 is 0. The van der Waals surface area contributed by atoms with E-state index in [1.54, 1.807) is 61.5 Å². The Morgan fingerprint density at radius 2 is 1.65 bits per heavy atom. The highest BCUT2D eigenvalue weighted by Crippen LogP contribution is 2.42. The van der Waals surface area contributed by atoms with Crippen molar-refractivity contribution in [2.75, 3.05) is 13.2 Å². The van der Waals surface area contributed by atoms with Crippen molar-refractivity contribution in [1.82, 2.24) is 0 Å². The van der Waals surface area contributed by atoms with Crippen LogP contribution < -0.4 is 0 Å². The van der Waals surface area contributed by atoms with Gasteiger partial charge in [-0.05, 0) is 72.6 Å². The monoisotopic (exact) mass is 469 g/mol. The van der Waals surface area contributed by atoms with E-state index >= 15 is 0 Å². The van der Waals surface area contributed by atoms with Gasteiger partial charge in [0.05, 0.1) is 18.8 Å². The first-order chi connectivity index (χ1) is 15.9. The number of hydrogen-bond donors (Lipinski definition) is 0. The molecule has 1 aromatic rings. The first-order valence-corrected chi connectivity index (χ1v) is 11.5. The van der Waals surface area contributed by atoms with Gasteiger partial charge in [0, 0.05) is 22.9 Å². The van der Waals surface area contributed by atoms with Gasteiger partial charge in [-0.1, -0.05) is 24.3 Å². The number of hydrogen-bond acceptors (Lipinski definition) is 7. The van der Waals surface area contributed by atoms with Gasteiger partial charge in [0.15, 0.2) is 0 Å². The molecule has 0 aromatic heterocycles. The number of carbonyl (C=O) groups is 3. The van der Waals surface area contributed by atoms with Crippen LogP contribution in [0.2, 0.25) is 0 Å².